The van der Waals surface area contributed by atoms with Gasteiger partial charge in [-0.2, -0.15) is 0 Å². The van der Waals surface area contributed by atoms with E-state index in [4.69, 9.17) is 0 Å². The number of nitrogens with zero attached hydrogens (tertiary/aromatic N) is 3. The molecule has 1 N–H and O–H groups in total. The topological polar surface area (TPSA) is 58.1 Å². The molecule has 5 heteroatoms. The molecule has 1 saturated heterocycles. The third kappa shape index (κ3) is 4.62. The summed E-state index contributed by atoms with van der Waals surface area (Å²) < 4.78 is 0. The highest BCUT2D eigenvalue weighted by Crippen LogP contribution is 2.30. The van der Waals surface area contributed by atoms with Crippen molar-refractivity contribution in [2.45, 2.75) is 38.5 Å². The van der Waals surface area contributed by atoms with Gasteiger partial charge in [-0.3, -0.25) is 9.69 Å². The van der Waals surface area contributed by atoms with Crippen LogP contribution in [0.4, 0.5) is 5.69 Å². The number of rotatable bonds is 5. The molecule has 150 valence electrons. The quantitative estimate of drug-likeness (QED) is 0.695. The van der Waals surface area contributed by atoms with Crippen LogP contribution in [-0.4, -0.2) is 40.4 Å². The number of likely N-dealkylation sites (tertiary alicyclic amines) is 1. The van der Waals surface area contributed by atoms with E-state index in [-0.39, 0.29) is 5.91 Å². The van der Waals surface area contributed by atoms with Crippen LogP contribution >= 0.6 is 0 Å². The second kappa shape index (κ2) is 8.70. The molecule has 0 saturated carbocycles. The summed E-state index contributed by atoms with van der Waals surface area (Å²) >= 11 is 0. The zero-order valence-corrected chi connectivity index (χ0v) is 17.1. The summed E-state index contributed by atoms with van der Waals surface area (Å²) in [6.45, 7) is 6.58. The maximum absolute atomic E-state index is 12.5. The van der Waals surface area contributed by atoms with Gasteiger partial charge >= 0.3 is 0 Å². The van der Waals surface area contributed by atoms with Crippen molar-refractivity contribution < 1.29 is 4.79 Å². The van der Waals surface area contributed by atoms with E-state index in [9.17, 15) is 4.79 Å². The summed E-state index contributed by atoms with van der Waals surface area (Å²) in [6.07, 6.45) is 3.69. The highest BCUT2D eigenvalue weighted by molar-refractivity contribution is 5.92. The standard InChI is InChI=1S/C24H28N4O/c1-17(2)18-7-9-20(10-8-18)27-23(29)15-28-13-11-19(12-14-28)24-21-5-3-4-6-22(21)25-16-26-24/h3-10,16-17,19H,11-15H2,1-2H3,(H,27,29). The monoisotopic (exact) mass is 388 g/mol. The Morgan fingerprint density at radius 1 is 1.07 bits per heavy atom. The molecule has 0 spiro atoms. The van der Waals surface area contributed by atoms with Crippen LogP contribution in [0.2, 0.25) is 0 Å². The number of anilines is 1. The highest BCUT2D eigenvalue weighted by Gasteiger charge is 2.24. The lowest BCUT2D eigenvalue weighted by Gasteiger charge is -2.31. The molecule has 2 heterocycles. The smallest absolute Gasteiger partial charge is 0.238 e. The van der Waals surface area contributed by atoms with E-state index in [1.54, 1.807) is 6.33 Å². The third-order valence-corrected chi connectivity index (χ3v) is 5.78. The average molecular weight is 389 g/mol. The molecule has 4 rings (SSSR count). The summed E-state index contributed by atoms with van der Waals surface area (Å²) in [4.78, 5) is 23.6. The number of benzene rings is 2. The number of carbonyl (C=O) groups excluding carboxylic acids is 1. The molecule has 1 aliphatic rings. The molecular formula is C24H28N4O. The Labute approximate surface area is 172 Å². The molecule has 0 atom stereocenters. The van der Waals surface area contributed by atoms with E-state index in [1.165, 1.54) is 5.56 Å². The minimum Gasteiger partial charge on any atom is -0.325 e. The van der Waals surface area contributed by atoms with Gasteiger partial charge in [-0.15, -0.1) is 0 Å². The highest BCUT2D eigenvalue weighted by atomic mass is 16.2. The molecule has 0 aliphatic carbocycles. The fraction of sp³-hybridized carbons (Fsp3) is 0.375. The van der Waals surface area contributed by atoms with E-state index >= 15 is 0 Å². The van der Waals surface area contributed by atoms with Crippen molar-refractivity contribution in [2.75, 3.05) is 25.0 Å². The SMILES string of the molecule is CC(C)c1ccc(NC(=O)CN2CCC(c3ncnc4ccccc34)CC2)cc1. The number of amides is 1. The van der Waals surface area contributed by atoms with Gasteiger partial charge in [-0.05, 0) is 55.6 Å². The van der Waals surface area contributed by atoms with Crippen molar-refractivity contribution >= 4 is 22.5 Å². The summed E-state index contributed by atoms with van der Waals surface area (Å²) in [5.41, 5.74) is 4.29. The predicted octanol–water partition coefficient (Wildman–Crippen LogP) is 4.57. The minimum absolute atomic E-state index is 0.0493. The van der Waals surface area contributed by atoms with Gasteiger partial charge in [0.1, 0.15) is 6.33 Å². The van der Waals surface area contributed by atoms with Crippen molar-refractivity contribution in [1.29, 1.82) is 0 Å². The van der Waals surface area contributed by atoms with Crippen LogP contribution in [0.1, 0.15) is 49.8 Å². The molecule has 1 aliphatic heterocycles. The van der Waals surface area contributed by atoms with E-state index in [2.05, 4.69) is 52.2 Å². The van der Waals surface area contributed by atoms with Crippen molar-refractivity contribution in [2.24, 2.45) is 0 Å². The van der Waals surface area contributed by atoms with Gasteiger partial charge in [0.15, 0.2) is 0 Å². The lowest BCUT2D eigenvalue weighted by atomic mass is 9.91. The molecule has 5 nitrogen and oxygen atoms in total. The van der Waals surface area contributed by atoms with Gasteiger partial charge in [0.25, 0.3) is 0 Å². The molecule has 1 fully saturated rings. The second-order valence-corrected chi connectivity index (χ2v) is 8.15. The van der Waals surface area contributed by atoms with Gasteiger partial charge in [0, 0.05) is 17.0 Å². The van der Waals surface area contributed by atoms with Crippen LogP contribution in [-0.2, 0) is 4.79 Å². The van der Waals surface area contributed by atoms with Gasteiger partial charge in [0.05, 0.1) is 17.8 Å². The Morgan fingerprint density at radius 3 is 2.52 bits per heavy atom. The molecule has 0 radical (unpaired) electrons. The molecule has 0 unspecified atom stereocenters. The van der Waals surface area contributed by atoms with Gasteiger partial charge < -0.3 is 5.32 Å². The molecule has 3 aromatic rings. The first-order valence-corrected chi connectivity index (χ1v) is 10.4. The van der Waals surface area contributed by atoms with Gasteiger partial charge in [-0.1, -0.05) is 44.2 Å². The Bertz CT molecular complexity index is 970. The summed E-state index contributed by atoms with van der Waals surface area (Å²) in [5, 5.41) is 4.17. The van der Waals surface area contributed by atoms with Crippen LogP contribution in [0.15, 0.2) is 54.9 Å². The maximum atomic E-state index is 12.5. The number of nitrogens with one attached hydrogen (secondary N) is 1. The normalized spacial score (nSPS) is 15.7. The van der Waals surface area contributed by atoms with Crippen LogP contribution in [0, 0.1) is 0 Å². The zero-order chi connectivity index (χ0) is 20.2. The Morgan fingerprint density at radius 2 is 1.79 bits per heavy atom. The van der Waals surface area contributed by atoms with E-state index in [0.717, 1.165) is 48.2 Å². The first-order chi connectivity index (χ1) is 14.1. The Balaban J connectivity index is 1.32. The van der Waals surface area contributed by atoms with Crippen LogP contribution in [0.3, 0.4) is 0 Å². The molecule has 1 amide bonds. The maximum Gasteiger partial charge on any atom is 0.238 e. The van der Waals surface area contributed by atoms with Crippen molar-refractivity contribution in [3.8, 4) is 0 Å². The lowest BCUT2D eigenvalue weighted by molar-refractivity contribution is -0.117. The second-order valence-electron chi connectivity index (χ2n) is 8.15. The Hall–Kier alpha value is -2.79. The lowest BCUT2D eigenvalue weighted by Crippen LogP contribution is -2.38. The molecule has 29 heavy (non-hydrogen) atoms. The third-order valence-electron chi connectivity index (χ3n) is 5.78. The van der Waals surface area contributed by atoms with E-state index < -0.39 is 0 Å². The average Bonchev–Trinajstić information content (AvgIpc) is 2.74. The molecular weight excluding hydrogens is 360 g/mol. The van der Waals surface area contributed by atoms with Crippen LogP contribution in [0.5, 0.6) is 0 Å². The zero-order valence-electron chi connectivity index (χ0n) is 17.1. The summed E-state index contributed by atoms with van der Waals surface area (Å²) in [7, 11) is 0. The van der Waals surface area contributed by atoms with E-state index in [0.29, 0.717) is 18.4 Å². The number of carbonyl (C=O) groups is 1. The van der Waals surface area contributed by atoms with Crippen LogP contribution < -0.4 is 5.32 Å². The summed E-state index contributed by atoms with van der Waals surface area (Å²) in [5.74, 6) is 0.965. The van der Waals surface area contributed by atoms with Gasteiger partial charge in [-0.25, -0.2) is 9.97 Å². The molecule has 0 bridgehead atoms. The number of hydrogen-bond acceptors (Lipinski definition) is 4. The first-order valence-electron chi connectivity index (χ1n) is 10.4. The van der Waals surface area contributed by atoms with Crippen molar-refractivity contribution in [3.05, 3.63) is 66.1 Å². The van der Waals surface area contributed by atoms with Crippen molar-refractivity contribution in [3.63, 3.8) is 0 Å². The number of aromatic nitrogens is 2. The number of para-hydroxylation sites is 1. The van der Waals surface area contributed by atoms with Crippen LogP contribution in [0.25, 0.3) is 10.9 Å². The number of hydrogen-bond donors (Lipinski definition) is 1. The minimum atomic E-state index is 0.0493. The van der Waals surface area contributed by atoms with Crippen molar-refractivity contribution in [1.82, 2.24) is 14.9 Å². The largest absolute Gasteiger partial charge is 0.325 e. The Kier molecular flexibility index (Phi) is 5.86. The molecule has 1 aromatic heterocycles. The number of piperidine rings is 1. The summed E-state index contributed by atoms with van der Waals surface area (Å²) in [6, 6.07) is 16.3. The first kappa shape index (κ1) is 19.5. The molecule has 2 aromatic carbocycles. The van der Waals surface area contributed by atoms with E-state index in [1.807, 2.05) is 30.3 Å². The fourth-order valence-electron chi connectivity index (χ4n) is 4.07. The number of fused-ring (bicyclic) bond motifs is 1. The fourth-order valence-corrected chi connectivity index (χ4v) is 4.07. The van der Waals surface area contributed by atoms with Gasteiger partial charge in [0.2, 0.25) is 5.91 Å². The predicted molar refractivity (Wildman–Crippen MR) is 117 cm³/mol.